The first-order valence-corrected chi connectivity index (χ1v) is 8.76. The zero-order valence-electron chi connectivity index (χ0n) is 15.1. The highest BCUT2D eigenvalue weighted by Crippen LogP contribution is 2.27. The predicted octanol–water partition coefficient (Wildman–Crippen LogP) is 3.37. The van der Waals surface area contributed by atoms with E-state index in [1.54, 1.807) is 0 Å². The monoisotopic (exact) mass is 342 g/mol. The summed E-state index contributed by atoms with van der Waals surface area (Å²) >= 11 is 0. The van der Waals surface area contributed by atoms with Crippen molar-refractivity contribution in [1.82, 2.24) is 14.7 Å². The Labute approximate surface area is 148 Å². The molecule has 3 rings (SSSR count). The molecule has 2 heterocycles. The lowest BCUT2D eigenvalue weighted by Gasteiger charge is -2.17. The Morgan fingerprint density at radius 3 is 3.00 bits per heavy atom. The zero-order valence-corrected chi connectivity index (χ0v) is 15.1. The van der Waals surface area contributed by atoms with Crippen LogP contribution in [0.1, 0.15) is 37.3 Å². The van der Waals surface area contributed by atoms with E-state index in [1.807, 2.05) is 67.1 Å². The van der Waals surface area contributed by atoms with Gasteiger partial charge in [0.05, 0.1) is 18.9 Å². The van der Waals surface area contributed by atoms with Crippen molar-refractivity contribution in [3.8, 4) is 0 Å². The normalized spacial score (nSPS) is 17.3. The fourth-order valence-electron chi connectivity index (χ4n) is 3.07. The molecule has 1 aromatic heterocycles. The van der Waals surface area contributed by atoms with Crippen LogP contribution in [-0.2, 0) is 18.4 Å². The van der Waals surface area contributed by atoms with Crippen LogP contribution in [0.15, 0.2) is 36.7 Å². The molecule has 1 N–H and O–H groups in total. The molecule has 0 saturated carbocycles. The van der Waals surface area contributed by atoms with Crippen molar-refractivity contribution in [2.45, 2.75) is 38.9 Å². The van der Waals surface area contributed by atoms with Crippen LogP contribution in [0.4, 0.5) is 10.5 Å². The maximum atomic E-state index is 12.5. The molecule has 1 saturated heterocycles. The van der Waals surface area contributed by atoms with E-state index in [2.05, 4.69) is 10.4 Å². The minimum atomic E-state index is -0.0479. The van der Waals surface area contributed by atoms with Crippen molar-refractivity contribution < 1.29 is 9.53 Å². The molecule has 0 spiro atoms. The van der Waals surface area contributed by atoms with E-state index in [9.17, 15) is 4.79 Å². The van der Waals surface area contributed by atoms with E-state index in [-0.39, 0.29) is 12.1 Å². The van der Waals surface area contributed by atoms with Crippen LogP contribution < -0.4 is 5.32 Å². The van der Waals surface area contributed by atoms with Gasteiger partial charge in [-0.05, 0) is 43.5 Å². The zero-order chi connectivity index (χ0) is 17.8. The van der Waals surface area contributed by atoms with Gasteiger partial charge in [-0.25, -0.2) is 4.79 Å². The number of hydrogen-bond donors (Lipinski definition) is 1. The number of nitrogens with zero attached hydrogens (tertiary/aromatic N) is 3. The summed E-state index contributed by atoms with van der Waals surface area (Å²) in [6, 6.07) is 7.78. The largest absolute Gasteiger partial charge is 0.374 e. The number of nitrogens with one attached hydrogen (secondary N) is 1. The number of likely N-dealkylation sites (tertiary alicyclic amines) is 1. The number of hydrogen-bond acceptors (Lipinski definition) is 3. The Morgan fingerprint density at radius 2 is 2.28 bits per heavy atom. The van der Waals surface area contributed by atoms with Gasteiger partial charge in [-0.2, -0.15) is 5.10 Å². The second kappa shape index (κ2) is 7.70. The fraction of sp³-hybridized carbons (Fsp3) is 0.474. The van der Waals surface area contributed by atoms with Crippen molar-refractivity contribution in [1.29, 1.82) is 0 Å². The summed E-state index contributed by atoms with van der Waals surface area (Å²) in [5.41, 5.74) is 3.06. The molecule has 1 aromatic carbocycles. The highest BCUT2D eigenvalue weighted by atomic mass is 16.5. The van der Waals surface area contributed by atoms with E-state index >= 15 is 0 Å². The lowest BCUT2D eigenvalue weighted by molar-refractivity contribution is 0.0657. The first-order chi connectivity index (χ1) is 12.0. The summed E-state index contributed by atoms with van der Waals surface area (Å²) < 4.78 is 7.43. The van der Waals surface area contributed by atoms with Crippen LogP contribution in [0.2, 0.25) is 0 Å². The Balaban J connectivity index is 1.56. The maximum Gasteiger partial charge on any atom is 0.321 e. The fourth-order valence-corrected chi connectivity index (χ4v) is 3.07. The number of amides is 2. The smallest absolute Gasteiger partial charge is 0.321 e. The summed E-state index contributed by atoms with van der Waals surface area (Å²) in [6.45, 7) is 6.07. The lowest BCUT2D eigenvalue weighted by atomic mass is 10.0. The van der Waals surface area contributed by atoms with E-state index in [1.165, 1.54) is 5.56 Å². The van der Waals surface area contributed by atoms with Gasteiger partial charge in [0.25, 0.3) is 0 Å². The van der Waals surface area contributed by atoms with E-state index in [0.717, 1.165) is 30.8 Å². The number of carbonyl (C=O) groups excluding carboxylic acids is 1. The highest BCUT2D eigenvalue weighted by molar-refractivity contribution is 5.89. The average Bonchev–Trinajstić information content (AvgIpc) is 3.22. The number of ether oxygens (including phenoxy) is 1. The summed E-state index contributed by atoms with van der Waals surface area (Å²) in [7, 11) is 1.92. The number of aryl methyl sites for hydroxylation is 1. The van der Waals surface area contributed by atoms with Gasteiger partial charge in [-0.15, -0.1) is 0 Å². The van der Waals surface area contributed by atoms with E-state index < -0.39 is 0 Å². The van der Waals surface area contributed by atoms with Gasteiger partial charge in [-0.3, -0.25) is 4.68 Å². The molecule has 0 bridgehead atoms. The molecule has 1 aliphatic heterocycles. The molecule has 0 radical (unpaired) electrons. The van der Waals surface area contributed by atoms with Gasteiger partial charge in [-0.1, -0.05) is 12.1 Å². The topological polar surface area (TPSA) is 59.4 Å². The molecule has 1 aliphatic rings. The van der Waals surface area contributed by atoms with E-state index in [0.29, 0.717) is 12.5 Å². The number of urea groups is 1. The van der Waals surface area contributed by atoms with Gasteiger partial charge < -0.3 is 15.0 Å². The van der Waals surface area contributed by atoms with Crippen LogP contribution in [0.3, 0.4) is 0 Å². The first-order valence-electron chi connectivity index (χ1n) is 8.76. The van der Waals surface area contributed by atoms with Gasteiger partial charge in [0.2, 0.25) is 0 Å². The molecule has 1 fully saturated rings. The number of aromatic nitrogens is 2. The van der Waals surface area contributed by atoms with Gasteiger partial charge in [0.1, 0.15) is 0 Å². The third-order valence-electron chi connectivity index (χ3n) is 4.43. The molecule has 6 nitrogen and oxygen atoms in total. The van der Waals surface area contributed by atoms with Crippen LogP contribution >= 0.6 is 0 Å². The standard InChI is InChI=1S/C19H26N4O2/c1-14(2)25-13-15-5-4-6-18(9-15)21-19(24)23-8-7-16(12-23)17-10-20-22(3)11-17/h4-6,9-11,14,16H,7-8,12-13H2,1-3H3,(H,21,24). The molecule has 0 aliphatic carbocycles. The van der Waals surface area contributed by atoms with Gasteiger partial charge in [0.15, 0.2) is 0 Å². The molecule has 6 heteroatoms. The number of benzene rings is 1. The summed E-state index contributed by atoms with van der Waals surface area (Å²) in [5.74, 6) is 0.366. The van der Waals surface area contributed by atoms with Crippen LogP contribution in [-0.4, -0.2) is 39.9 Å². The maximum absolute atomic E-state index is 12.5. The molecule has 134 valence electrons. The van der Waals surface area contributed by atoms with Crippen molar-refractivity contribution >= 4 is 11.7 Å². The third-order valence-corrected chi connectivity index (χ3v) is 4.43. The second-order valence-corrected chi connectivity index (χ2v) is 6.87. The minimum Gasteiger partial charge on any atom is -0.374 e. The summed E-state index contributed by atoms with van der Waals surface area (Å²) in [4.78, 5) is 14.4. The average molecular weight is 342 g/mol. The number of rotatable bonds is 5. The third kappa shape index (κ3) is 4.60. The van der Waals surface area contributed by atoms with Crippen molar-refractivity contribution in [3.05, 3.63) is 47.8 Å². The number of anilines is 1. The first kappa shape index (κ1) is 17.5. The summed E-state index contributed by atoms with van der Waals surface area (Å²) in [5, 5.41) is 7.22. The Hall–Kier alpha value is -2.34. The number of carbonyl (C=O) groups is 1. The van der Waals surface area contributed by atoms with Crippen molar-refractivity contribution in [2.24, 2.45) is 7.05 Å². The predicted molar refractivity (Wildman–Crippen MR) is 97.5 cm³/mol. The SMILES string of the molecule is CC(C)OCc1cccc(NC(=O)N2CCC(c3cnn(C)c3)C2)c1. The van der Waals surface area contributed by atoms with Crippen molar-refractivity contribution in [3.63, 3.8) is 0 Å². The highest BCUT2D eigenvalue weighted by Gasteiger charge is 2.28. The molecule has 25 heavy (non-hydrogen) atoms. The summed E-state index contributed by atoms with van der Waals surface area (Å²) in [6.07, 6.45) is 5.09. The van der Waals surface area contributed by atoms with Gasteiger partial charge in [0, 0.05) is 37.9 Å². The second-order valence-electron chi connectivity index (χ2n) is 6.87. The molecule has 2 aromatic rings. The van der Waals surface area contributed by atoms with E-state index in [4.69, 9.17) is 4.74 Å². The Bertz CT molecular complexity index is 726. The van der Waals surface area contributed by atoms with Crippen LogP contribution in [0, 0.1) is 0 Å². The Morgan fingerprint density at radius 1 is 1.44 bits per heavy atom. The van der Waals surface area contributed by atoms with Crippen molar-refractivity contribution in [2.75, 3.05) is 18.4 Å². The molecule has 1 atom stereocenters. The molecule has 1 unspecified atom stereocenters. The van der Waals surface area contributed by atoms with Crippen LogP contribution in [0.5, 0.6) is 0 Å². The molecule has 2 amide bonds. The molecular formula is C19H26N4O2. The lowest BCUT2D eigenvalue weighted by Crippen LogP contribution is -2.32. The quantitative estimate of drug-likeness (QED) is 0.906. The molecular weight excluding hydrogens is 316 g/mol. The van der Waals surface area contributed by atoms with Gasteiger partial charge >= 0.3 is 6.03 Å². The minimum absolute atomic E-state index is 0.0479. The van der Waals surface area contributed by atoms with Crippen LogP contribution in [0.25, 0.3) is 0 Å². The Kier molecular flexibility index (Phi) is 5.38.